The first-order valence-electron chi connectivity index (χ1n) is 8.97. The smallest absolute Gasteiger partial charge is 0.221 e. The molecule has 26 heavy (non-hydrogen) atoms. The molecule has 0 spiro atoms. The van der Waals surface area contributed by atoms with Crippen molar-refractivity contribution in [2.45, 2.75) is 44.7 Å². The Balaban J connectivity index is 0.00000338. The maximum Gasteiger partial charge on any atom is 0.221 e. The van der Waals surface area contributed by atoms with Crippen LogP contribution in [0.1, 0.15) is 37.7 Å². The van der Waals surface area contributed by atoms with E-state index in [-0.39, 0.29) is 29.9 Å². The van der Waals surface area contributed by atoms with Gasteiger partial charge in [0.15, 0.2) is 5.96 Å². The fourth-order valence-electron chi connectivity index (χ4n) is 3.21. The molecular formula is C19H31IN4O2. The predicted octanol–water partition coefficient (Wildman–Crippen LogP) is 2.77. The van der Waals surface area contributed by atoms with Gasteiger partial charge < -0.3 is 20.3 Å². The molecule has 1 aliphatic carbocycles. The number of hydrogen-bond acceptors (Lipinski definition) is 3. The molecule has 0 saturated heterocycles. The van der Waals surface area contributed by atoms with E-state index in [1.165, 1.54) is 12.8 Å². The molecule has 0 bridgehead atoms. The van der Waals surface area contributed by atoms with Crippen molar-refractivity contribution in [3.05, 3.63) is 29.8 Å². The van der Waals surface area contributed by atoms with Crippen LogP contribution in [0, 0.1) is 0 Å². The SMILES string of the molecule is CN=C(NCCC(=O)NC1CCCC1)N(C)Cc1ccccc1OC.I. The van der Waals surface area contributed by atoms with Gasteiger partial charge in [-0.15, -0.1) is 24.0 Å². The number of nitrogens with one attached hydrogen (secondary N) is 2. The van der Waals surface area contributed by atoms with Crippen LogP contribution in [0.25, 0.3) is 0 Å². The maximum absolute atomic E-state index is 12.0. The van der Waals surface area contributed by atoms with Crippen LogP contribution in [0.15, 0.2) is 29.3 Å². The minimum Gasteiger partial charge on any atom is -0.496 e. The van der Waals surface area contributed by atoms with Gasteiger partial charge in [0.25, 0.3) is 0 Å². The number of aliphatic imine (C=N–C) groups is 1. The topological polar surface area (TPSA) is 66.0 Å². The van der Waals surface area contributed by atoms with E-state index in [0.29, 0.717) is 25.6 Å². The predicted molar refractivity (Wildman–Crippen MR) is 116 cm³/mol. The quantitative estimate of drug-likeness (QED) is 0.363. The number of halogens is 1. The lowest BCUT2D eigenvalue weighted by Gasteiger charge is -2.23. The van der Waals surface area contributed by atoms with Crippen molar-refractivity contribution in [1.29, 1.82) is 0 Å². The average molecular weight is 474 g/mol. The van der Waals surface area contributed by atoms with Gasteiger partial charge in [-0.3, -0.25) is 9.79 Å². The highest BCUT2D eigenvalue weighted by Crippen LogP contribution is 2.19. The number of amides is 1. The number of ether oxygens (including phenoxy) is 1. The number of hydrogen-bond donors (Lipinski definition) is 2. The Morgan fingerprint density at radius 3 is 2.65 bits per heavy atom. The van der Waals surface area contributed by atoms with Gasteiger partial charge in [0.2, 0.25) is 5.91 Å². The van der Waals surface area contributed by atoms with E-state index in [9.17, 15) is 4.79 Å². The van der Waals surface area contributed by atoms with Gasteiger partial charge in [-0.05, 0) is 18.9 Å². The van der Waals surface area contributed by atoms with Crippen LogP contribution >= 0.6 is 24.0 Å². The van der Waals surface area contributed by atoms with E-state index in [4.69, 9.17) is 4.74 Å². The lowest BCUT2D eigenvalue weighted by Crippen LogP contribution is -2.41. The normalized spacial score (nSPS) is 14.5. The summed E-state index contributed by atoms with van der Waals surface area (Å²) in [6.45, 7) is 1.25. The minimum absolute atomic E-state index is 0. The van der Waals surface area contributed by atoms with Crippen molar-refractivity contribution >= 4 is 35.8 Å². The fourth-order valence-corrected chi connectivity index (χ4v) is 3.21. The molecule has 6 nitrogen and oxygen atoms in total. The Hall–Kier alpha value is -1.51. The molecule has 0 unspecified atom stereocenters. The van der Waals surface area contributed by atoms with Crippen molar-refractivity contribution < 1.29 is 9.53 Å². The number of para-hydroxylation sites is 1. The standard InChI is InChI=1S/C19H30N4O2.HI/c1-20-19(21-13-12-18(24)22-16-9-5-6-10-16)23(2)14-15-8-4-7-11-17(15)25-3;/h4,7-8,11,16H,5-6,9-10,12-14H2,1-3H3,(H,20,21)(H,22,24);1H. The molecule has 2 N–H and O–H groups in total. The van der Waals surface area contributed by atoms with Crippen molar-refractivity contribution in [2.24, 2.45) is 4.99 Å². The molecule has 1 fully saturated rings. The lowest BCUT2D eigenvalue weighted by atomic mass is 10.2. The second-order valence-corrected chi connectivity index (χ2v) is 6.44. The Bertz CT molecular complexity index is 589. The number of carbonyl (C=O) groups excluding carboxylic acids is 1. The average Bonchev–Trinajstić information content (AvgIpc) is 3.12. The first-order chi connectivity index (χ1) is 12.1. The number of carbonyl (C=O) groups is 1. The van der Waals surface area contributed by atoms with Gasteiger partial charge >= 0.3 is 0 Å². The zero-order chi connectivity index (χ0) is 18.1. The summed E-state index contributed by atoms with van der Waals surface area (Å²) in [6.07, 6.45) is 5.14. The largest absolute Gasteiger partial charge is 0.496 e. The Morgan fingerprint density at radius 2 is 2.00 bits per heavy atom. The summed E-state index contributed by atoms with van der Waals surface area (Å²) in [5, 5.41) is 6.36. The highest BCUT2D eigenvalue weighted by molar-refractivity contribution is 14.0. The third-order valence-corrected chi connectivity index (χ3v) is 4.53. The molecule has 1 aromatic carbocycles. The lowest BCUT2D eigenvalue weighted by molar-refractivity contribution is -0.121. The zero-order valence-corrected chi connectivity index (χ0v) is 18.3. The van der Waals surface area contributed by atoms with Gasteiger partial charge in [0, 0.05) is 45.2 Å². The van der Waals surface area contributed by atoms with Crippen LogP contribution in [-0.2, 0) is 11.3 Å². The molecule has 2 rings (SSSR count). The van der Waals surface area contributed by atoms with Gasteiger partial charge in [0.05, 0.1) is 7.11 Å². The first kappa shape index (κ1) is 22.5. The van der Waals surface area contributed by atoms with Gasteiger partial charge in [0.1, 0.15) is 5.75 Å². The van der Waals surface area contributed by atoms with Crippen molar-refractivity contribution in [3.63, 3.8) is 0 Å². The molecule has 7 heteroatoms. The first-order valence-corrected chi connectivity index (χ1v) is 8.97. The summed E-state index contributed by atoms with van der Waals surface area (Å²) in [5.41, 5.74) is 1.09. The van der Waals surface area contributed by atoms with Gasteiger partial charge in [-0.1, -0.05) is 31.0 Å². The summed E-state index contributed by atoms with van der Waals surface area (Å²) >= 11 is 0. The highest BCUT2D eigenvalue weighted by Gasteiger charge is 2.17. The molecule has 0 aliphatic heterocycles. The molecule has 0 radical (unpaired) electrons. The summed E-state index contributed by atoms with van der Waals surface area (Å²) in [7, 11) is 5.40. The van der Waals surface area contributed by atoms with Crippen molar-refractivity contribution in [3.8, 4) is 5.75 Å². The third kappa shape index (κ3) is 7.01. The summed E-state index contributed by atoms with van der Waals surface area (Å²) < 4.78 is 5.40. The third-order valence-electron chi connectivity index (χ3n) is 4.53. The molecule has 0 atom stereocenters. The van der Waals surface area contributed by atoms with Crippen LogP contribution in [0.2, 0.25) is 0 Å². The summed E-state index contributed by atoms with van der Waals surface area (Å²) in [5.74, 6) is 1.74. The van der Waals surface area contributed by atoms with E-state index in [2.05, 4.69) is 15.6 Å². The number of guanidine groups is 1. The van der Waals surface area contributed by atoms with E-state index >= 15 is 0 Å². The van der Waals surface area contributed by atoms with Gasteiger partial charge in [-0.2, -0.15) is 0 Å². The van der Waals surface area contributed by atoms with E-state index in [1.54, 1.807) is 14.2 Å². The van der Waals surface area contributed by atoms with Crippen LogP contribution in [0.5, 0.6) is 5.75 Å². The highest BCUT2D eigenvalue weighted by atomic mass is 127. The zero-order valence-electron chi connectivity index (χ0n) is 16.0. The molecule has 1 amide bonds. The molecular weight excluding hydrogens is 443 g/mol. The van der Waals surface area contributed by atoms with Crippen LogP contribution < -0.4 is 15.4 Å². The number of nitrogens with zero attached hydrogens (tertiary/aromatic N) is 2. The van der Waals surface area contributed by atoms with E-state index < -0.39 is 0 Å². The molecule has 146 valence electrons. The van der Waals surface area contributed by atoms with Crippen LogP contribution in [0.4, 0.5) is 0 Å². The molecule has 1 aliphatic rings. The second kappa shape index (κ2) is 12.0. The van der Waals surface area contributed by atoms with E-state index in [0.717, 1.165) is 30.1 Å². The van der Waals surface area contributed by atoms with E-state index in [1.807, 2.05) is 36.2 Å². The molecule has 0 heterocycles. The molecule has 0 aromatic heterocycles. The van der Waals surface area contributed by atoms with Crippen LogP contribution in [-0.4, -0.2) is 50.6 Å². The van der Waals surface area contributed by atoms with Crippen molar-refractivity contribution in [2.75, 3.05) is 27.7 Å². The minimum atomic E-state index is 0. The second-order valence-electron chi connectivity index (χ2n) is 6.44. The number of methoxy groups -OCH3 is 1. The summed E-state index contributed by atoms with van der Waals surface area (Å²) in [6, 6.07) is 8.32. The van der Waals surface area contributed by atoms with Crippen LogP contribution in [0.3, 0.4) is 0 Å². The Kier molecular flexibility index (Phi) is 10.4. The Morgan fingerprint density at radius 1 is 1.31 bits per heavy atom. The number of benzene rings is 1. The maximum atomic E-state index is 12.0. The monoisotopic (exact) mass is 474 g/mol. The van der Waals surface area contributed by atoms with Gasteiger partial charge in [-0.25, -0.2) is 0 Å². The molecule has 1 saturated carbocycles. The van der Waals surface area contributed by atoms with Crippen molar-refractivity contribution in [1.82, 2.24) is 15.5 Å². The number of rotatable bonds is 7. The molecule has 1 aromatic rings. The Labute approximate surface area is 173 Å². The summed E-state index contributed by atoms with van der Waals surface area (Å²) in [4.78, 5) is 18.3. The fraction of sp³-hybridized carbons (Fsp3) is 0.579.